The third-order valence-corrected chi connectivity index (χ3v) is 5.41. The van der Waals surface area contributed by atoms with Gasteiger partial charge in [0.25, 0.3) is 0 Å². The molecule has 0 unspecified atom stereocenters. The standard InChI is InChI=1S/C15H18BrN3OS/c16-10-3-4-11(17)15(20)13(10)14(12-2-1-9-21-12)19-7-5-18-6-8-19/h1-4,9,14,18,20H,5-8,17H2/t14-/m1/s1. The number of halogens is 1. The first-order valence-corrected chi connectivity index (χ1v) is 8.60. The summed E-state index contributed by atoms with van der Waals surface area (Å²) in [5.41, 5.74) is 7.19. The second-order valence-corrected chi connectivity index (χ2v) is 6.94. The molecule has 1 saturated heterocycles. The van der Waals surface area contributed by atoms with E-state index in [1.54, 1.807) is 17.4 Å². The number of piperazine rings is 1. The Hall–Kier alpha value is -1.08. The molecule has 1 aliphatic rings. The van der Waals surface area contributed by atoms with Gasteiger partial charge in [-0.05, 0) is 23.6 Å². The lowest BCUT2D eigenvalue weighted by molar-refractivity contribution is 0.197. The number of hydrogen-bond donors (Lipinski definition) is 3. The van der Waals surface area contributed by atoms with Crippen molar-refractivity contribution in [2.75, 3.05) is 31.9 Å². The van der Waals surface area contributed by atoms with Gasteiger partial charge in [-0.2, -0.15) is 0 Å². The van der Waals surface area contributed by atoms with Crippen LogP contribution in [0.25, 0.3) is 0 Å². The maximum Gasteiger partial charge on any atom is 0.144 e. The van der Waals surface area contributed by atoms with E-state index in [0.29, 0.717) is 5.69 Å². The van der Waals surface area contributed by atoms with Crippen LogP contribution >= 0.6 is 27.3 Å². The molecule has 2 aromatic rings. The van der Waals surface area contributed by atoms with Crippen LogP contribution in [0.15, 0.2) is 34.1 Å². The van der Waals surface area contributed by atoms with Crippen LogP contribution < -0.4 is 11.1 Å². The average Bonchev–Trinajstić information content (AvgIpc) is 3.02. The number of aromatic hydroxyl groups is 1. The van der Waals surface area contributed by atoms with Crippen molar-refractivity contribution >= 4 is 33.0 Å². The highest BCUT2D eigenvalue weighted by atomic mass is 79.9. The first kappa shape index (κ1) is 14.8. The Morgan fingerprint density at radius 2 is 2.05 bits per heavy atom. The normalized spacial score (nSPS) is 17.8. The molecule has 1 atom stereocenters. The Balaban J connectivity index is 2.09. The van der Waals surface area contributed by atoms with Crippen molar-refractivity contribution in [1.29, 1.82) is 0 Å². The largest absolute Gasteiger partial charge is 0.505 e. The molecule has 1 fully saturated rings. The van der Waals surface area contributed by atoms with Crippen LogP contribution in [0.1, 0.15) is 16.5 Å². The number of thiophene rings is 1. The molecular formula is C15H18BrN3OS. The fraction of sp³-hybridized carbons (Fsp3) is 0.333. The lowest BCUT2D eigenvalue weighted by Crippen LogP contribution is -2.45. The van der Waals surface area contributed by atoms with Gasteiger partial charge in [0.15, 0.2) is 0 Å². The maximum absolute atomic E-state index is 10.5. The Labute approximate surface area is 136 Å². The van der Waals surface area contributed by atoms with Crippen LogP contribution in [0.5, 0.6) is 5.75 Å². The summed E-state index contributed by atoms with van der Waals surface area (Å²) in [6.45, 7) is 3.82. The van der Waals surface area contributed by atoms with Crippen molar-refractivity contribution in [2.45, 2.75) is 6.04 Å². The third kappa shape index (κ3) is 2.94. The second kappa shape index (κ2) is 6.36. The van der Waals surface area contributed by atoms with Crippen molar-refractivity contribution in [3.63, 3.8) is 0 Å². The molecule has 4 N–H and O–H groups in total. The zero-order chi connectivity index (χ0) is 14.8. The number of nitrogens with one attached hydrogen (secondary N) is 1. The van der Waals surface area contributed by atoms with Gasteiger partial charge in [0, 0.05) is 41.1 Å². The van der Waals surface area contributed by atoms with Crippen LogP contribution in [0.2, 0.25) is 0 Å². The lowest BCUT2D eigenvalue weighted by atomic mass is 10.0. The zero-order valence-electron chi connectivity index (χ0n) is 11.6. The van der Waals surface area contributed by atoms with Gasteiger partial charge < -0.3 is 16.2 Å². The number of phenolic OH excluding ortho intramolecular Hbond substituents is 1. The third-order valence-electron chi connectivity index (χ3n) is 3.80. The van der Waals surface area contributed by atoms with E-state index in [2.05, 4.69) is 37.6 Å². The number of anilines is 1. The van der Waals surface area contributed by atoms with E-state index in [1.807, 2.05) is 12.1 Å². The summed E-state index contributed by atoms with van der Waals surface area (Å²) >= 11 is 5.29. The molecule has 0 spiro atoms. The topological polar surface area (TPSA) is 61.5 Å². The molecule has 6 heteroatoms. The van der Waals surface area contributed by atoms with E-state index >= 15 is 0 Å². The van der Waals surface area contributed by atoms with E-state index in [4.69, 9.17) is 5.73 Å². The van der Waals surface area contributed by atoms with Crippen molar-refractivity contribution in [1.82, 2.24) is 10.2 Å². The van der Waals surface area contributed by atoms with Gasteiger partial charge in [0.05, 0.1) is 11.7 Å². The lowest BCUT2D eigenvalue weighted by Gasteiger charge is -2.35. The highest BCUT2D eigenvalue weighted by molar-refractivity contribution is 9.10. The van der Waals surface area contributed by atoms with Crippen molar-refractivity contribution in [3.05, 3.63) is 44.6 Å². The summed E-state index contributed by atoms with van der Waals surface area (Å²) in [6, 6.07) is 7.84. The van der Waals surface area contributed by atoms with Crippen LogP contribution in [0, 0.1) is 0 Å². The number of rotatable bonds is 3. The summed E-state index contributed by atoms with van der Waals surface area (Å²) < 4.78 is 0.895. The Bertz CT molecular complexity index is 612. The number of nitrogens with zero attached hydrogens (tertiary/aromatic N) is 1. The molecule has 112 valence electrons. The van der Waals surface area contributed by atoms with Crippen LogP contribution in [-0.4, -0.2) is 36.2 Å². The predicted molar refractivity (Wildman–Crippen MR) is 90.8 cm³/mol. The van der Waals surface area contributed by atoms with Crippen molar-refractivity contribution in [2.24, 2.45) is 0 Å². The molecule has 1 aromatic carbocycles. The highest BCUT2D eigenvalue weighted by Gasteiger charge is 2.29. The smallest absolute Gasteiger partial charge is 0.144 e. The van der Waals surface area contributed by atoms with Gasteiger partial charge >= 0.3 is 0 Å². The summed E-state index contributed by atoms with van der Waals surface area (Å²) in [4.78, 5) is 3.61. The second-order valence-electron chi connectivity index (χ2n) is 5.10. The molecule has 21 heavy (non-hydrogen) atoms. The van der Waals surface area contributed by atoms with Gasteiger partial charge in [0.1, 0.15) is 5.75 Å². The summed E-state index contributed by atoms with van der Waals surface area (Å²) in [5, 5.41) is 15.9. The maximum atomic E-state index is 10.5. The first-order chi connectivity index (χ1) is 10.2. The molecule has 2 heterocycles. The number of hydrogen-bond acceptors (Lipinski definition) is 5. The van der Waals surface area contributed by atoms with E-state index in [0.717, 1.165) is 36.2 Å². The van der Waals surface area contributed by atoms with E-state index in [9.17, 15) is 5.11 Å². The minimum Gasteiger partial charge on any atom is -0.505 e. The van der Waals surface area contributed by atoms with Gasteiger partial charge in [-0.3, -0.25) is 4.90 Å². The molecule has 1 aromatic heterocycles. The van der Waals surface area contributed by atoms with Gasteiger partial charge in [-0.15, -0.1) is 11.3 Å². The average molecular weight is 368 g/mol. The van der Waals surface area contributed by atoms with Gasteiger partial charge in [-0.1, -0.05) is 22.0 Å². The molecule has 0 radical (unpaired) electrons. The predicted octanol–water partition coefficient (Wildman–Crippen LogP) is 2.79. The highest BCUT2D eigenvalue weighted by Crippen LogP contribution is 2.43. The minimum atomic E-state index is 0.0324. The molecule has 4 nitrogen and oxygen atoms in total. The Kier molecular flexibility index (Phi) is 4.49. The SMILES string of the molecule is Nc1ccc(Br)c([C@@H](c2cccs2)N2CCNCC2)c1O. The first-order valence-electron chi connectivity index (χ1n) is 6.93. The number of nitrogens with two attached hydrogens (primary N) is 1. The van der Waals surface area contributed by atoms with E-state index < -0.39 is 0 Å². The van der Waals surface area contributed by atoms with Crippen LogP contribution in [0.4, 0.5) is 5.69 Å². The summed E-state index contributed by atoms with van der Waals surface area (Å²) in [5.74, 6) is 0.182. The molecule has 1 aliphatic heterocycles. The van der Waals surface area contributed by atoms with Crippen molar-refractivity contribution in [3.8, 4) is 5.75 Å². The molecule has 0 aliphatic carbocycles. The quantitative estimate of drug-likeness (QED) is 0.576. The van der Waals surface area contributed by atoms with Crippen LogP contribution in [-0.2, 0) is 0 Å². The molecule has 0 amide bonds. The summed E-state index contributed by atoms with van der Waals surface area (Å²) in [7, 11) is 0. The van der Waals surface area contributed by atoms with Crippen molar-refractivity contribution < 1.29 is 5.11 Å². The zero-order valence-corrected chi connectivity index (χ0v) is 14.0. The van der Waals surface area contributed by atoms with Gasteiger partial charge in [0.2, 0.25) is 0 Å². The number of benzene rings is 1. The molecular weight excluding hydrogens is 350 g/mol. The molecule has 0 bridgehead atoms. The fourth-order valence-corrected chi connectivity index (χ4v) is 4.16. The summed E-state index contributed by atoms with van der Waals surface area (Å²) in [6.07, 6.45) is 0. The molecule has 0 saturated carbocycles. The van der Waals surface area contributed by atoms with E-state index in [1.165, 1.54) is 4.88 Å². The Morgan fingerprint density at radius 3 is 2.71 bits per heavy atom. The fourth-order valence-electron chi connectivity index (χ4n) is 2.75. The molecule has 3 rings (SSSR count). The monoisotopic (exact) mass is 367 g/mol. The Morgan fingerprint density at radius 1 is 1.29 bits per heavy atom. The number of nitrogen functional groups attached to an aromatic ring is 1. The van der Waals surface area contributed by atoms with E-state index in [-0.39, 0.29) is 11.8 Å². The number of phenols is 1. The van der Waals surface area contributed by atoms with Crippen LogP contribution in [0.3, 0.4) is 0 Å². The van der Waals surface area contributed by atoms with Gasteiger partial charge in [-0.25, -0.2) is 0 Å². The minimum absolute atomic E-state index is 0.0324.